The SMILES string of the molecule is CCc1cn(-c2cccc(C(F)(F)F)c2)c(=O)n1-c1ccccc1C. The third-order valence-electron chi connectivity index (χ3n) is 4.13. The second-order valence-electron chi connectivity index (χ2n) is 5.80. The first-order valence-electron chi connectivity index (χ1n) is 7.90. The zero-order chi connectivity index (χ0) is 18.2. The van der Waals surface area contributed by atoms with E-state index in [1.807, 2.05) is 38.1 Å². The average molecular weight is 346 g/mol. The molecule has 0 radical (unpaired) electrons. The summed E-state index contributed by atoms with van der Waals surface area (Å²) in [5, 5.41) is 0. The zero-order valence-corrected chi connectivity index (χ0v) is 13.8. The molecule has 3 aromatic rings. The number of halogens is 3. The average Bonchev–Trinajstić information content (AvgIpc) is 2.91. The van der Waals surface area contributed by atoms with E-state index >= 15 is 0 Å². The number of hydrogen-bond acceptors (Lipinski definition) is 1. The summed E-state index contributed by atoms with van der Waals surface area (Å²) in [6.45, 7) is 3.79. The summed E-state index contributed by atoms with van der Waals surface area (Å²) < 4.78 is 41.7. The van der Waals surface area contributed by atoms with Crippen LogP contribution in [0.2, 0.25) is 0 Å². The molecule has 0 aliphatic carbocycles. The van der Waals surface area contributed by atoms with Crippen LogP contribution in [0.5, 0.6) is 0 Å². The first-order chi connectivity index (χ1) is 11.8. The van der Waals surface area contributed by atoms with Crippen molar-refractivity contribution in [2.75, 3.05) is 0 Å². The molecular formula is C19H17F3N2O. The van der Waals surface area contributed by atoms with E-state index in [4.69, 9.17) is 0 Å². The molecule has 1 aromatic heterocycles. The molecule has 0 aliphatic rings. The maximum absolute atomic E-state index is 13.0. The molecule has 130 valence electrons. The minimum Gasteiger partial charge on any atom is -0.267 e. The molecule has 0 N–H and O–H groups in total. The second-order valence-corrected chi connectivity index (χ2v) is 5.80. The van der Waals surface area contributed by atoms with Crippen molar-refractivity contribution in [3.05, 3.63) is 82.0 Å². The lowest BCUT2D eigenvalue weighted by molar-refractivity contribution is -0.137. The summed E-state index contributed by atoms with van der Waals surface area (Å²) in [6, 6.07) is 12.2. The van der Waals surface area contributed by atoms with Gasteiger partial charge in [-0.2, -0.15) is 13.2 Å². The number of hydrogen-bond donors (Lipinski definition) is 0. The van der Waals surface area contributed by atoms with Crippen molar-refractivity contribution < 1.29 is 13.2 Å². The fraction of sp³-hybridized carbons (Fsp3) is 0.211. The maximum Gasteiger partial charge on any atom is 0.416 e. The molecule has 3 rings (SSSR count). The molecule has 0 saturated carbocycles. The summed E-state index contributed by atoms with van der Waals surface area (Å²) in [4.78, 5) is 12.9. The topological polar surface area (TPSA) is 26.9 Å². The fourth-order valence-corrected chi connectivity index (χ4v) is 2.83. The Kier molecular flexibility index (Phi) is 4.29. The molecule has 3 nitrogen and oxygen atoms in total. The van der Waals surface area contributed by atoms with E-state index in [9.17, 15) is 18.0 Å². The van der Waals surface area contributed by atoms with Crippen LogP contribution in [0.25, 0.3) is 11.4 Å². The summed E-state index contributed by atoms with van der Waals surface area (Å²) in [7, 11) is 0. The van der Waals surface area contributed by atoms with Gasteiger partial charge in [0.2, 0.25) is 0 Å². The van der Waals surface area contributed by atoms with Crippen LogP contribution in [-0.4, -0.2) is 9.13 Å². The van der Waals surface area contributed by atoms with Crippen molar-refractivity contribution in [2.24, 2.45) is 0 Å². The number of imidazole rings is 1. The van der Waals surface area contributed by atoms with Gasteiger partial charge >= 0.3 is 11.9 Å². The standard InChI is InChI=1S/C19H17F3N2O/c1-3-15-12-23(16-9-6-8-14(11-16)19(20,21)22)18(25)24(15)17-10-5-4-7-13(17)2/h4-12H,3H2,1-2H3. The highest BCUT2D eigenvalue weighted by Crippen LogP contribution is 2.30. The van der Waals surface area contributed by atoms with Gasteiger partial charge in [-0.05, 0) is 43.2 Å². The molecule has 6 heteroatoms. The van der Waals surface area contributed by atoms with Gasteiger partial charge in [-0.3, -0.25) is 9.13 Å². The number of benzene rings is 2. The highest BCUT2D eigenvalue weighted by Gasteiger charge is 2.30. The number of rotatable bonds is 3. The molecule has 0 saturated heterocycles. The zero-order valence-electron chi connectivity index (χ0n) is 13.8. The van der Waals surface area contributed by atoms with E-state index < -0.39 is 11.7 Å². The third kappa shape index (κ3) is 3.12. The molecule has 1 heterocycles. The van der Waals surface area contributed by atoms with Crippen molar-refractivity contribution in [3.8, 4) is 11.4 Å². The maximum atomic E-state index is 13.0. The first-order valence-corrected chi connectivity index (χ1v) is 7.90. The van der Waals surface area contributed by atoms with Gasteiger partial charge in [0.05, 0.1) is 16.9 Å². The van der Waals surface area contributed by atoms with Gasteiger partial charge < -0.3 is 0 Å². The van der Waals surface area contributed by atoms with Gasteiger partial charge in [0, 0.05) is 11.9 Å². The van der Waals surface area contributed by atoms with E-state index in [1.165, 1.54) is 16.7 Å². The largest absolute Gasteiger partial charge is 0.416 e. The first kappa shape index (κ1) is 17.1. The van der Waals surface area contributed by atoms with Crippen LogP contribution in [0, 0.1) is 6.92 Å². The minimum absolute atomic E-state index is 0.196. The number of aryl methyl sites for hydroxylation is 2. The number of para-hydroxylation sites is 1. The summed E-state index contributed by atoms with van der Waals surface area (Å²) in [6.07, 6.45) is -2.27. The Morgan fingerprint density at radius 1 is 1.04 bits per heavy atom. The molecule has 0 amide bonds. The molecule has 0 spiro atoms. The molecule has 25 heavy (non-hydrogen) atoms. The van der Waals surface area contributed by atoms with Crippen molar-refractivity contribution >= 4 is 0 Å². The quantitative estimate of drug-likeness (QED) is 0.685. The van der Waals surface area contributed by atoms with Gasteiger partial charge in [-0.25, -0.2) is 4.79 Å². The Balaban J connectivity index is 2.21. The van der Waals surface area contributed by atoms with Crippen LogP contribution in [0.1, 0.15) is 23.7 Å². The monoisotopic (exact) mass is 346 g/mol. The van der Waals surface area contributed by atoms with Crippen LogP contribution in [0.3, 0.4) is 0 Å². The molecule has 0 bridgehead atoms. The highest BCUT2D eigenvalue weighted by atomic mass is 19.4. The van der Waals surface area contributed by atoms with Gasteiger partial charge in [0.1, 0.15) is 0 Å². The molecular weight excluding hydrogens is 329 g/mol. The van der Waals surface area contributed by atoms with E-state index in [0.717, 1.165) is 29.1 Å². The predicted molar refractivity (Wildman–Crippen MR) is 90.5 cm³/mol. The Hall–Kier alpha value is -2.76. The second kappa shape index (κ2) is 6.27. The number of aromatic nitrogens is 2. The van der Waals surface area contributed by atoms with E-state index in [2.05, 4.69) is 0 Å². The van der Waals surface area contributed by atoms with Gasteiger partial charge in [0.25, 0.3) is 0 Å². The van der Waals surface area contributed by atoms with Crippen LogP contribution in [-0.2, 0) is 12.6 Å². The summed E-state index contributed by atoms with van der Waals surface area (Å²) in [5.74, 6) is 0. The number of alkyl halides is 3. The Labute approximate surface area is 143 Å². The van der Waals surface area contributed by atoms with E-state index in [1.54, 1.807) is 10.8 Å². The van der Waals surface area contributed by atoms with Gasteiger partial charge in [-0.15, -0.1) is 0 Å². The molecule has 0 unspecified atom stereocenters. The lowest BCUT2D eigenvalue weighted by Crippen LogP contribution is -2.23. The normalized spacial score (nSPS) is 11.7. The van der Waals surface area contributed by atoms with Crippen LogP contribution >= 0.6 is 0 Å². The van der Waals surface area contributed by atoms with Gasteiger partial charge in [0.15, 0.2) is 0 Å². The van der Waals surface area contributed by atoms with E-state index in [-0.39, 0.29) is 11.4 Å². The van der Waals surface area contributed by atoms with Crippen molar-refractivity contribution in [1.82, 2.24) is 9.13 Å². The number of nitrogens with zero attached hydrogens (tertiary/aromatic N) is 2. The predicted octanol–water partition coefficient (Wildman–Crippen LogP) is 4.52. The lowest BCUT2D eigenvalue weighted by atomic mass is 10.2. The Morgan fingerprint density at radius 2 is 1.76 bits per heavy atom. The molecule has 2 aromatic carbocycles. The van der Waals surface area contributed by atoms with Crippen molar-refractivity contribution in [2.45, 2.75) is 26.4 Å². The van der Waals surface area contributed by atoms with E-state index in [0.29, 0.717) is 6.42 Å². The molecule has 0 fully saturated rings. The fourth-order valence-electron chi connectivity index (χ4n) is 2.83. The molecule has 0 aliphatic heterocycles. The summed E-state index contributed by atoms with van der Waals surface area (Å²) in [5.41, 5.74) is 1.42. The van der Waals surface area contributed by atoms with Crippen LogP contribution in [0.15, 0.2) is 59.5 Å². The van der Waals surface area contributed by atoms with Crippen molar-refractivity contribution in [3.63, 3.8) is 0 Å². The Bertz CT molecular complexity index is 967. The lowest BCUT2D eigenvalue weighted by Gasteiger charge is -2.09. The third-order valence-corrected chi connectivity index (χ3v) is 4.13. The molecule has 0 atom stereocenters. The summed E-state index contributed by atoms with van der Waals surface area (Å²) >= 11 is 0. The van der Waals surface area contributed by atoms with Crippen molar-refractivity contribution in [1.29, 1.82) is 0 Å². The van der Waals surface area contributed by atoms with Crippen LogP contribution < -0.4 is 5.69 Å². The minimum atomic E-state index is -4.45. The highest BCUT2D eigenvalue weighted by molar-refractivity contribution is 5.44. The van der Waals surface area contributed by atoms with Crippen LogP contribution in [0.4, 0.5) is 13.2 Å². The smallest absolute Gasteiger partial charge is 0.267 e. The van der Waals surface area contributed by atoms with Gasteiger partial charge in [-0.1, -0.05) is 31.2 Å². The Morgan fingerprint density at radius 3 is 2.40 bits per heavy atom.